The Balaban J connectivity index is 2.26. The average molecular weight is 214 g/mol. The lowest BCUT2D eigenvalue weighted by molar-refractivity contribution is 0.0960. The Kier molecular flexibility index (Phi) is 5.58. The lowest BCUT2D eigenvalue weighted by atomic mass is 9.87. The molecular formula is C12H26N2O. The maximum Gasteiger partial charge on any atom is 0.0576 e. The van der Waals surface area contributed by atoms with E-state index >= 15 is 0 Å². The van der Waals surface area contributed by atoms with Gasteiger partial charge in [-0.05, 0) is 37.5 Å². The zero-order valence-corrected chi connectivity index (χ0v) is 10.3. The van der Waals surface area contributed by atoms with E-state index in [1.807, 2.05) is 0 Å². The summed E-state index contributed by atoms with van der Waals surface area (Å²) in [6.45, 7) is 7.72. The first-order valence-corrected chi connectivity index (χ1v) is 6.23. The Labute approximate surface area is 93.7 Å². The van der Waals surface area contributed by atoms with Crippen LogP contribution in [0, 0.1) is 11.8 Å². The van der Waals surface area contributed by atoms with Crippen molar-refractivity contribution in [2.75, 3.05) is 6.61 Å². The first-order valence-electron chi connectivity index (χ1n) is 6.23. The fraction of sp³-hybridized carbons (Fsp3) is 1.00. The molecule has 3 nitrogen and oxygen atoms in total. The van der Waals surface area contributed by atoms with Gasteiger partial charge < -0.3 is 4.74 Å². The van der Waals surface area contributed by atoms with Crippen molar-refractivity contribution in [2.45, 2.75) is 58.6 Å². The van der Waals surface area contributed by atoms with E-state index in [-0.39, 0.29) is 0 Å². The first kappa shape index (κ1) is 12.9. The van der Waals surface area contributed by atoms with Crippen LogP contribution in [0.15, 0.2) is 0 Å². The van der Waals surface area contributed by atoms with Crippen molar-refractivity contribution < 1.29 is 4.74 Å². The SMILES string of the molecule is CC(C)C(C)C(CCC1CCCO1)NN. The van der Waals surface area contributed by atoms with Gasteiger partial charge in [0.25, 0.3) is 0 Å². The van der Waals surface area contributed by atoms with Crippen LogP contribution >= 0.6 is 0 Å². The number of nitrogens with one attached hydrogen (secondary N) is 1. The second kappa shape index (κ2) is 6.46. The third-order valence-electron chi connectivity index (χ3n) is 3.72. The molecule has 0 bridgehead atoms. The highest BCUT2D eigenvalue weighted by molar-refractivity contribution is 4.76. The van der Waals surface area contributed by atoms with E-state index in [1.54, 1.807) is 0 Å². The van der Waals surface area contributed by atoms with Gasteiger partial charge in [0.1, 0.15) is 0 Å². The van der Waals surface area contributed by atoms with Crippen molar-refractivity contribution in [3.8, 4) is 0 Å². The number of hydrazine groups is 1. The number of rotatable bonds is 6. The van der Waals surface area contributed by atoms with Gasteiger partial charge in [0.15, 0.2) is 0 Å². The van der Waals surface area contributed by atoms with Crippen LogP contribution in [0.2, 0.25) is 0 Å². The van der Waals surface area contributed by atoms with Crippen LogP contribution in [0.4, 0.5) is 0 Å². The van der Waals surface area contributed by atoms with Crippen molar-refractivity contribution >= 4 is 0 Å². The van der Waals surface area contributed by atoms with Crippen LogP contribution in [0.25, 0.3) is 0 Å². The van der Waals surface area contributed by atoms with Gasteiger partial charge in [0.05, 0.1) is 6.10 Å². The maximum atomic E-state index is 5.62. The smallest absolute Gasteiger partial charge is 0.0576 e. The molecule has 1 aliphatic rings. The van der Waals surface area contributed by atoms with Crippen LogP contribution in [-0.2, 0) is 4.74 Å². The topological polar surface area (TPSA) is 47.3 Å². The summed E-state index contributed by atoms with van der Waals surface area (Å²) in [4.78, 5) is 0. The summed E-state index contributed by atoms with van der Waals surface area (Å²) >= 11 is 0. The van der Waals surface area contributed by atoms with Crippen molar-refractivity contribution in [1.82, 2.24) is 5.43 Å². The molecule has 90 valence electrons. The van der Waals surface area contributed by atoms with E-state index in [0.29, 0.717) is 24.0 Å². The molecule has 15 heavy (non-hydrogen) atoms. The maximum absolute atomic E-state index is 5.62. The Morgan fingerprint density at radius 3 is 2.60 bits per heavy atom. The molecular weight excluding hydrogens is 188 g/mol. The van der Waals surface area contributed by atoms with E-state index in [2.05, 4.69) is 26.2 Å². The second-order valence-electron chi connectivity index (χ2n) is 5.09. The van der Waals surface area contributed by atoms with Crippen LogP contribution in [0.3, 0.4) is 0 Å². The van der Waals surface area contributed by atoms with Crippen LogP contribution < -0.4 is 11.3 Å². The number of nitrogens with two attached hydrogens (primary N) is 1. The Hall–Kier alpha value is -0.120. The fourth-order valence-corrected chi connectivity index (χ4v) is 2.20. The minimum Gasteiger partial charge on any atom is -0.378 e. The monoisotopic (exact) mass is 214 g/mol. The summed E-state index contributed by atoms with van der Waals surface area (Å²) in [5, 5.41) is 0. The highest BCUT2D eigenvalue weighted by Gasteiger charge is 2.22. The molecule has 0 aromatic heterocycles. The first-order chi connectivity index (χ1) is 7.15. The Morgan fingerprint density at radius 2 is 2.13 bits per heavy atom. The molecule has 0 aromatic carbocycles. The predicted octanol–water partition coefficient (Wildman–Crippen LogP) is 2.07. The molecule has 1 heterocycles. The van der Waals surface area contributed by atoms with Gasteiger partial charge in [-0.25, -0.2) is 0 Å². The molecule has 1 saturated heterocycles. The van der Waals surface area contributed by atoms with Crippen molar-refractivity contribution in [2.24, 2.45) is 17.7 Å². The van der Waals surface area contributed by atoms with Crippen molar-refractivity contribution in [3.63, 3.8) is 0 Å². The highest BCUT2D eigenvalue weighted by atomic mass is 16.5. The Bertz CT molecular complexity index is 167. The molecule has 1 aliphatic heterocycles. The Morgan fingerprint density at radius 1 is 1.40 bits per heavy atom. The molecule has 1 fully saturated rings. The van der Waals surface area contributed by atoms with Crippen LogP contribution in [0.1, 0.15) is 46.5 Å². The summed E-state index contributed by atoms with van der Waals surface area (Å²) < 4.78 is 5.62. The van der Waals surface area contributed by atoms with Gasteiger partial charge in [0.2, 0.25) is 0 Å². The van der Waals surface area contributed by atoms with Gasteiger partial charge in [-0.2, -0.15) is 0 Å². The largest absolute Gasteiger partial charge is 0.378 e. The van der Waals surface area contributed by atoms with E-state index in [1.165, 1.54) is 12.8 Å². The molecule has 0 amide bonds. The molecule has 3 atom stereocenters. The van der Waals surface area contributed by atoms with E-state index < -0.39 is 0 Å². The van der Waals surface area contributed by atoms with Crippen molar-refractivity contribution in [1.29, 1.82) is 0 Å². The summed E-state index contributed by atoms with van der Waals surface area (Å²) in [5.74, 6) is 6.90. The second-order valence-corrected chi connectivity index (χ2v) is 5.09. The zero-order valence-electron chi connectivity index (χ0n) is 10.3. The summed E-state index contributed by atoms with van der Waals surface area (Å²) in [5.41, 5.74) is 2.95. The molecule has 0 saturated carbocycles. The van der Waals surface area contributed by atoms with E-state index in [0.717, 1.165) is 19.4 Å². The highest BCUT2D eigenvalue weighted by Crippen LogP contribution is 2.22. The van der Waals surface area contributed by atoms with E-state index in [4.69, 9.17) is 10.6 Å². The summed E-state index contributed by atoms with van der Waals surface area (Å²) in [7, 11) is 0. The van der Waals surface area contributed by atoms with Gasteiger partial charge >= 0.3 is 0 Å². The minimum absolute atomic E-state index is 0.425. The molecule has 0 radical (unpaired) electrons. The number of hydrogen-bond acceptors (Lipinski definition) is 3. The minimum atomic E-state index is 0.425. The molecule has 0 spiro atoms. The molecule has 3 N–H and O–H groups in total. The van der Waals surface area contributed by atoms with Crippen molar-refractivity contribution in [3.05, 3.63) is 0 Å². The van der Waals surface area contributed by atoms with Crippen LogP contribution in [-0.4, -0.2) is 18.8 Å². The van der Waals surface area contributed by atoms with E-state index in [9.17, 15) is 0 Å². The normalized spacial score (nSPS) is 25.8. The van der Waals surface area contributed by atoms with Gasteiger partial charge in [-0.15, -0.1) is 0 Å². The van der Waals surface area contributed by atoms with Gasteiger partial charge in [-0.1, -0.05) is 20.8 Å². The lowest BCUT2D eigenvalue weighted by Gasteiger charge is -2.27. The zero-order chi connectivity index (χ0) is 11.3. The average Bonchev–Trinajstić information content (AvgIpc) is 2.71. The molecule has 3 unspecified atom stereocenters. The molecule has 3 heteroatoms. The molecule has 0 aromatic rings. The number of ether oxygens (including phenoxy) is 1. The fourth-order valence-electron chi connectivity index (χ4n) is 2.20. The van der Waals surface area contributed by atoms with Gasteiger partial charge in [0, 0.05) is 12.6 Å². The quantitative estimate of drug-likeness (QED) is 0.525. The predicted molar refractivity (Wildman–Crippen MR) is 63.3 cm³/mol. The molecule has 1 rings (SSSR count). The number of hydrogen-bond donors (Lipinski definition) is 2. The van der Waals surface area contributed by atoms with Gasteiger partial charge in [-0.3, -0.25) is 11.3 Å². The standard InChI is InChI=1S/C12H26N2O/c1-9(2)10(3)12(14-13)7-6-11-5-4-8-15-11/h9-12,14H,4-8,13H2,1-3H3. The summed E-state index contributed by atoms with van der Waals surface area (Å²) in [6, 6.07) is 0.425. The van der Waals surface area contributed by atoms with Crippen LogP contribution in [0.5, 0.6) is 0 Å². The third-order valence-corrected chi connectivity index (χ3v) is 3.72. The third kappa shape index (κ3) is 4.09. The molecule has 0 aliphatic carbocycles. The summed E-state index contributed by atoms with van der Waals surface area (Å²) in [6.07, 6.45) is 5.21. The lowest BCUT2D eigenvalue weighted by Crippen LogP contribution is -2.42.